The molecule has 1 saturated heterocycles. The Bertz CT molecular complexity index is 934. The molecule has 8 nitrogen and oxygen atoms in total. The molecule has 1 aromatic carbocycles. The highest BCUT2D eigenvalue weighted by Gasteiger charge is 2.25. The molecule has 29 heavy (non-hydrogen) atoms. The molecule has 2 rings (SSSR count). The minimum Gasteiger partial charge on any atom is -0.466 e. The average molecular weight is 417 g/mol. The second-order valence-electron chi connectivity index (χ2n) is 6.41. The monoisotopic (exact) mass is 417 g/mol. The van der Waals surface area contributed by atoms with Crippen molar-refractivity contribution in [3.05, 3.63) is 44.4 Å². The van der Waals surface area contributed by atoms with E-state index >= 15 is 0 Å². The smallest absolute Gasteiger partial charge is 0.331 e. The summed E-state index contributed by atoms with van der Waals surface area (Å²) < 4.78 is 9.69. The maximum atomic E-state index is 11.8. The molecule has 1 amide bonds. The third-order valence-electron chi connectivity index (χ3n) is 4.69. The molecule has 154 valence electrons. The number of benzene rings is 1. The van der Waals surface area contributed by atoms with Crippen LogP contribution in [0.4, 0.5) is 0 Å². The quantitative estimate of drug-likeness (QED) is 0.342. The van der Waals surface area contributed by atoms with Crippen molar-refractivity contribution in [1.29, 1.82) is 0 Å². The largest absolute Gasteiger partial charge is 0.466 e. The Morgan fingerprint density at radius 2 is 1.72 bits per heavy atom. The van der Waals surface area contributed by atoms with Crippen LogP contribution in [0.1, 0.15) is 40.3 Å². The number of methoxy groups -OCH3 is 1. The van der Waals surface area contributed by atoms with Gasteiger partial charge in [0, 0.05) is 18.6 Å². The van der Waals surface area contributed by atoms with Gasteiger partial charge in [0.05, 0.1) is 18.2 Å². The molecule has 9 heteroatoms. The first-order chi connectivity index (χ1) is 13.6. The molecule has 1 aromatic rings. The minimum absolute atomic E-state index is 0.194. The van der Waals surface area contributed by atoms with E-state index in [1.165, 1.54) is 14.0 Å². The van der Waals surface area contributed by atoms with E-state index < -0.39 is 11.9 Å². The molecule has 1 fully saturated rings. The molecule has 1 aliphatic rings. The summed E-state index contributed by atoms with van der Waals surface area (Å²) in [6.07, 6.45) is 2.73. The topological polar surface area (TPSA) is 106 Å². The summed E-state index contributed by atoms with van der Waals surface area (Å²) in [5, 5.41) is 10.9. The lowest BCUT2D eigenvalue weighted by atomic mass is 9.89. The van der Waals surface area contributed by atoms with Crippen molar-refractivity contribution < 1.29 is 23.9 Å². The lowest BCUT2D eigenvalue weighted by molar-refractivity contribution is -0.142. The minimum atomic E-state index is -0.613. The SMILES string of the molecule is COC(=O)/C=C1/S/C(=N\N=Cc2c(C)c(C)c(COC(C)=O)c(C)c2C)NC1=O. The summed E-state index contributed by atoms with van der Waals surface area (Å²) >= 11 is 1.01. The maximum Gasteiger partial charge on any atom is 0.331 e. The molecule has 0 unspecified atom stereocenters. The number of nitrogens with one attached hydrogen (secondary N) is 1. The summed E-state index contributed by atoms with van der Waals surface area (Å²) in [6, 6.07) is 0. The Morgan fingerprint density at radius 3 is 2.28 bits per heavy atom. The van der Waals surface area contributed by atoms with E-state index in [-0.39, 0.29) is 22.6 Å². The van der Waals surface area contributed by atoms with Crippen LogP contribution in [0.2, 0.25) is 0 Å². The van der Waals surface area contributed by atoms with E-state index in [0.717, 1.165) is 51.2 Å². The third kappa shape index (κ3) is 5.32. The number of esters is 2. The lowest BCUT2D eigenvalue weighted by Gasteiger charge is -2.18. The zero-order valence-corrected chi connectivity index (χ0v) is 18.0. The van der Waals surface area contributed by atoms with Crippen LogP contribution < -0.4 is 5.32 Å². The van der Waals surface area contributed by atoms with Crippen LogP contribution in [0.5, 0.6) is 0 Å². The van der Waals surface area contributed by atoms with E-state index in [0.29, 0.717) is 0 Å². The summed E-state index contributed by atoms with van der Waals surface area (Å²) in [7, 11) is 1.24. The first-order valence-corrected chi connectivity index (χ1v) is 9.59. The lowest BCUT2D eigenvalue weighted by Crippen LogP contribution is -2.19. The van der Waals surface area contributed by atoms with E-state index in [1.807, 2.05) is 27.7 Å². The third-order valence-corrected chi connectivity index (χ3v) is 5.59. The van der Waals surface area contributed by atoms with Gasteiger partial charge in [-0.15, -0.1) is 5.10 Å². The van der Waals surface area contributed by atoms with Crippen LogP contribution in [0.25, 0.3) is 0 Å². The number of amides is 1. The molecular formula is C20H23N3O5S. The highest BCUT2D eigenvalue weighted by molar-refractivity contribution is 8.18. The highest BCUT2D eigenvalue weighted by Crippen LogP contribution is 2.27. The predicted octanol–water partition coefficient (Wildman–Crippen LogP) is 2.59. The number of nitrogens with zero attached hydrogens (tertiary/aromatic N) is 2. The van der Waals surface area contributed by atoms with Crippen molar-refractivity contribution in [2.24, 2.45) is 10.2 Å². The van der Waals surface area contributed by atoms with Gasteiger partial charge in [-0.25, -0.2) is 4.79 Å². The fourth-order valence-electron chi connectivity index (χ4n) is 2.78. The van der Waals surface area contributed by atoms with Gasteiger partial charge in [0.2, 0.25) is 0 Å². The van der Waals surface area contributed by atoms with Gasteiger partial charge in [0.15, 0.2) is 5.17 Å². The Hall–Kier alpha value is -2.94. The molecule has 0 atom stereocenters. The van der Waals surface area contributed by atoms with E-state index in [9.17, 15) is 14.4 Å². The van der Waals surface area contributed by atoms with Crippen LogP contribution in [0, 0.1) is 27.7 Å². The highest BCUT2D eigenvalue weighted by atomic mass is 32.2. The molecule has 0 aromatic heterocycles. The van der Waals surface area contributed by atoms with Gasteiger partial charge in [0.1, 0.15) is 6.61 Å². The molecule has 1 heterocycles. The molecule has 0 saturated carbocycles. The van der Waals surface area contributed by atoms with Crippen molar-refractivity contribution in [2.75, 3.05) is 7.11 Å². The van der Waals surface area contributed by atoms with E-state index in [4.69, 9.17) is 4.74 Å². The average Bonchev–Trinajstić information content (AvgIpc) is 3.01. The van der Waals surface area contributed by atoms with Gasteiger partial charge >= 0.3 is 11.9 Å². The summed E-state index contributed by atoms with van der Waals surface area (Å²) in [5.74, 6) is -1.36. The van der Waals surface area contributed by atoms with Crippen LogP contribution >= 0.6 is 11.8 Å². The van der Waals surface area contributed by atoms with Crippen molar-refractivity contribution >= 4 is 41.0 Å². The van der Waals surface area contributed by atoms with Crippen molar-refractivity contribution in [2.45, 2.75) is 41.2 Å². The second-order valence-corrected chi connectivity index (χ2v) is 7.44. The number of ether oxygens (including phenoxy) is 2. The zero-order valence-electron chi connectivity index (χ0n) is 17.2. The molecule has 0 aliphatic carbocycles. The Kier molecular flexibility index (Phi) is 7.33. The van der Waals surface area contributed by atoms with Gasteiger partial charge in [-0.1, -0.05) is 0 Å². The number of amidine groups is 1. The number of hydrogen-bond donors (Lipinski definition) is 1. The van der Waals surface area contributed by atoms with Gasteiger partial charge in [-0.3, -0.25) is 14.9 Å². The zero-order chi connectivity index (χ0) is 21.7. The van der Waals surface area contributed by atoms with Crippen LogP contribution in [0.15, 0.2) is 21.2 Å². The summed E-state index contributed by atoms with van der Waals surface area (Å²) in [6.45, 7) is 9.50. The number of thioether (sulfide) groups is 1. The van der Waals surface area contributed by atoms with Gasteiger partial charge in [-0.2, -0.15) is 5.10 Å². The molecular weight excluding hydrogens is 394 g/mol. The molecule has 1 aliphatic heterocycles. The standard InChI is InChI=1S/C20H23N3O5S/c1-10-12(3)16(9-28-14(5)24)13(4)11(2)15(10)8-21-23-20-22-19(26)17(29-20)7-18(25)27-6/h7-8H,9H2,1-6H3,(H,22,23,26)/b17-7+,21-8?. The Labute approximate surface area is 173 Å². The maximum absolute atomic E-state index is 11.8. The van der Waals surface area contributed by atoms with Gasteiger partial charge in [-0.05, 0) is 67.3 Å². The first-order valence-electron chi connectivity index (χ1n) is 8.78. The molecule has 0 spiro atoms. The number of rotatable bonds is 5. The molecule has 1 N–H and O–H groups in total. The fraction of sp³-hybridized carbons (Fsp3) is 0.350. The Balaban J connectivity index is 2.26. The van der Waals surface area contributed by atoms with Crippen LogP contribution in [0.3, 0.4) is 0 Å². The van der Waals surface area contributed by atoms with Crippen molar-refractivity contribution in [3.63, 3.8) is 0 Å². The van der Waals surface area contributed by atoms with Gasteiger partial charge < -0.3 is 9.47 Å². The van der Waals surface area contributed by atoms with Gasteiger partial charge in [0.25, 0.3) is 5.91 Å². The fourth-order valence-corrected chi connectivity index (χ4v) is 3.52. The summed E-state index contributed by atoms with van der Waals surface area (Å²) in [5.41, 5.74) is 5.96. The first kappa shape index (κ1) is 22.4. The van der Waals surface area contributed by atoms with E-state index in [2.05, 4.69) is 20.3 Å². The van der Waals surface area contributed by atoms with E-state index in [1.54, 1.807) is 6.21 Å². The van der Waals surface area contributed by atoms with Crippen LogP contribution in [-0.4, -0.2) is 36.3 Å². The molecule has 0 radical (unpaired) electrons. The number of carbonyl (C=O) groups is 3. The van der Waals surface area contributed by atoms with Crippen LogP contribution in [-0.2, 0) is 30.5 Å². The number of carbonyl (C=O) groups excluding carboxylic acids is 3. The Morgan fingerprint density at radius 1 is 1.10 bits per heavy atom. The number of hydrogen-bond acceptors (Lipinski definition) is 8. The molecule has 0 bridgehead atoms. The van der Waals surface area contributed by atoms with Crippen molar-refractivity contribution in [1.82, 2.24) is 5.32 Å². The predicted molar refractivity (Wildman–Crippen MR) is 112 cm³/mol. The normalized spacial score (nSPS) is 16.6. The second kappa shape index (κ2) is 9.51. The summed E-state index contributed by atoms with van der Waals surface area (Å²) in [4.78, 5) is 34.5. The van der Waals surface area contributed by atoms with Crippen molar-refractivity contribution in [3.8, 4) is 0 Å².